The highest BCUT2D eigenvalue weighted by Crippen LogP contribution is 2.59. The maximum atomic E-state index is 12.8. The van der Waals surface area contributed by atoms with E-state index in [2.05, 4.69) is 39.5 Å². The molecule has 1 atom stereocenters. The van der Waals surface area contributed by atoms with Gasteiger partial charge < -0.3 is 10.1 Å². The van der Waals surface area contributed by atoms with Gasteiger partial charge in [0.2, 0.25) is 5.91 Å². The molecule has 0 radical (unpaired) electrons. The maximum absolute atomic E-state index is 12.8. The molecule has 5 rings (SSSR count). The molecule has 1 aliphatic heterocycles. The lowest BCUT2D eigenvalue weighted by Gasteiger charge is -2.33. The van der Waals surface area contributed by atoms with Gasteiger partial charge >= 0.3 is 0 Å². The van der Waals surface area contributed by atoms with Gasteiger partial charge in [-0.15, -0.1) is 0 Å². The number of pyridine rings is 1. The molecule has 0 bridgehead atoms. The first-order valence-corrected chi connectivity index (χ1v) is 11.2. The fraction of sp³-hybridized carbons (Fsp3) is 0.360. The minimum Gasteiger partial charge on any atom is -0.495 e. The Morgan fingerprint density at radius 2 is 2.06 bits per heavy atom. The van der Waals surface area contributed by atoms with E-state index in [1.165, 1.54) is 10.9 Å². The van der Waals surface area contributed by atoms with E-state index in [-0.39, 0.29) is 17.2 Å². The molecule has 2 aliphatic rings. The zero-order valence-electron chi connectivity index (χ0n) is 17.6. The number of halogens is 1. The maximum Gasteiger partial charge on any atom is 0.228 e. The number of piperidine rings is 1. The Kier molecular flexibility index (Phi) is 5.32. The molecule has 1 amide bonds. The van der Waals surface area contributed by atoms with Crippen molar-refractivity contribution in [3.63, 3.8) is 0 Å². The number of hydrogen-bond acceptors (Lipinski definition) is 4. The topological polar surface area (TPSA) is 54.5 Å². The van der Waals surface area contributed by atoms with Crippen LogP contribution in [0.15, 0.2) is 54.7 Å². The molecule has 1 spiro atoms. The summed E-state index contributed by atoms with van der Waals surface area (Å²) in [6.45, 7) is 2.98. The number of hydrogen-bond donors (Lipinski definition) is 1. The lowest BCUT2D eigenvalue weighted by atomic mass is 9.90. The Morgan fingerprint density at radius 1 is 1.23 bits per heavy atom. The van der Waals surface area contributed by atoms with Crippen molar-refractivity contribution >= 4 is 34.1 Å². The number of benzene rings is 2. The molecule has 3 aromatic rings. The van der Waals surface area contributed by atoms with Crippen LogP contribution in [0.5, 0.6) is 5.75 Å². The number of carbonyl (C=O) groups is 1. The summed E-state index contributed by atoms with van der Waals surface area (Å²) in [6, 6.07) is 15.9. The van der Waals surface area contributed by atoms with Gasteiger partial charge in [0.15, 0.2) is 0 Å². The number of aromatic nitrogens is 1. The van der Waals surface area contributed by atoms with Crippen molar-refractivity contribution in [2.75, 3.05) is 25.5 Å². The monoisotopic (exact) mass is 435 g/mol. The lowest BCUT2D eigenvalue weighted by molar-refractivity contribution is -0.118. The number of nitrogens with zero attached hydrogens (tertiary/aromatic N) is 2. The summed E-state index contributed by atoms with van der Waals surface area (Å²) in [7, 11) is 1.58. The molecule has 1 aliphatic carbocycles. The van der Waals surface area contributed by atoms with Crippen molar-refractivity contribution in [3.05, 3.63) is 65.3 Å². The Hall–Kier alpha value is -2.63. The molecule has 31 heavy (non-hydrogen) atoms. The highest BCUT2D eigenvalue weighted by Gasteiger charge is 2.58. The lowest BCUT2D eigenvalue weighted by Crippen LogP contribution is -2.35. The van der Waals surface area contributed by atoms with E-state index in [0.717, 1.165) is 50.1 Å². The normalized spacial score (nSPS) is 20.0. The molecule has 1 saturated carbocycles. The van der Waals surface area contributed by atoms with E-state index in [0.29, 0.717) is 10.8 Å². The van der Waals surface area contributed by atoms with Gasteiger partial charge in [0.25, 0.3) is 0 Å². The number of methoxy groups -OCH3 is 1. The number of nitrogens with one attached hydrogen (secondary N) is 1. The van der Waals surface area contributed by atoms with Crippen molar-refractivity contribution in [1.82, 2.24) is 9.88 Å². The first-order chi connectivity index (χ1) is 15.1. The van der Waals surface area contributed by atoms with Crippen molar-refractivity contribution in [2.24, 2.45) is 11.3 Å². The second-order valence-electron chi connectivity index (χ2n) is 8.72. The van der Waals surface area contributed by atoms with Gasteiger partial charge in [0.05, 0.1) is 17.6 Å². The van der Waals surface area contributed by atoms with Gasteiger partial charge in [0, 0.05) is 29.7 Å². The molecule has 2 fully saturated rings. The van der Waals surface area contributed by atoms with Gasteiger partial charge in [-0.2, -0.15) is 0 Å². The molecule has 160 valence electrons. The zero-order chi connectivity index (χ0) is 21.4. The first-order valence-electron chi connectivity index (χ1n) is 10.8. The second kappa shape index (κ2) is 8.13. The number of ether oxygens (including phenoxy) is 1. The van der Waals surface area contributed by atoms with Gasteiger partial charge in [-0.25, -0.2) is 0 Å². The highest BCUT2D eigenvalue weighted by atomic mass is 35.5. The minimum absolute atomic E-state index is 0.0947. The predicted molar refractivity (Wildman–Crippen MR) is 123 cm³/mol. The Bertz CT molecular complexity index is 1120. The van der Waals surface area contributed by atoms with Crippen molar-refractivity contribution < 1.29 is 9.53 Å². The molecule has 1 aromatic heterocycles. The average Bonchev–Trinajstić information content (AvgIpc) is 3.49. The van der Waals surface area contributed by atoms with Crippen LogP contribution in [0.3, 0.4) is 0 Å². The molecule has 1 saturated heterocycles. The highest BCUT2D eigenvalue weighted by molar-refractivity contribution is 6.32. The molecule has 6 heteroatoms. The number of amides is 1. The number of anilines is 1. The molecule has 2 heterocycles. The summed E-state index contributed by atoms with van der Waals surface area (Å²) in [5.74, 6) is 0.809. The Morgan fingerprint density at radius 3 is 2.84 bits per heavy atom. The van der Waals surface area contributed by atoms with Crippen LogP contribution in [0.25, 0.3) is 10.9 Å². The predicted octanol–water partition coefficient (Wildman–Crippen LogP) is 5.14. The van der Waals surface area contributed by atoms with Crippen LogP contribution in [0, 0.1) is 11.3 Å². The third-order valence-electron chi connectivity index (χ3n) is 6.91. The number of fused-ring (bicyclic) bond motifs is 1. The molecule has 1 N–H and O–H groups in total. The number of rotatable bonds is 5. The molecular formula is C25H26ClN3O2. The van der Waals surface area contributed by atoms with Gasteiger partial charge in [-0.1, -0.05) is 29.8 Å². The minimum atomic E-state index is 0.0947. The van der Waals surface area contributed by atoms with Crippen LogP contribution in [0.1, 0.15) is 24.8 Å². The fourth-order valence-corrected chi connectivity index (χ4v) is 5.20. The third-order valence-corrected chi connectivity index (χ3v) is 7.20. The van der Waals surface area contributed by atoms with E-state index in [4.69, 9.17) is 16.3 Å². The van der Waals surface area contributed by atoms with Gasteiger partial charge in [-0.3, -0.25) is 14.7 Å². The van der Waals surface area contributed by atoms with E-state index >= 15 is 0 Å². The van der Waals surface area contributed by atoms with Crippen molar-refractivity contribution in [2.45, 2.75) is 25.8 Å². The van der Waals surface area contributed by atoms with Crippen LogP contribution in [0.2, 0.25) is 5.02 Å². The second-order valence-corrected chi connectivity index (χ2v) is 9.13. The van der Waals surface area contributed by atoms with E-state index in [1.807, 2.05) is 18.3 Å². The van der Waals surface area contributed by atoms with Gasteiger partial charge in [0.1, 0.15) is 5.75 Å². The SMILES string of the molecule is COc1ccc(NC(=O)[C@H]2CC23CCN(Cc2cccc4ncccc24)CC3)cc1Cl. The summed E-state index contributed by atoms with van der Waals surface area (Å²) >= 11 is 6.18. The number of carbonyl (C=O) groups excluding carboxylic acids is 1. The van der Waals surface area contributed by atoms with E-state index in [1.54, 1.807) is 19.2 Å². The van der Waals surface area contributed by atoms with Crippen molar-refractivity contribution in [1.29, 1.82) is 0 Å². The zero-order valence-corrected chi connectivity index (χ0v) is 18.4. The Labute approximate surface area is 187 Å². The summed E-state index contributed by atoms with van der Waals surface area (Å²) < 4.78 is 5.18. The molecule has 0 unspecified atom stereocenters. The third kappa shape index (κ3) is 4.00. The van der Waals surface area contributed by atoms with Crippen LogP contribution in [-0.2, 0) is 11.3 Å². The van der Waals surface area contributed by atoms with Crippen molar-refractivity contribution in [3.8, 4) is 5.75 Å². The van der Waals surface area contributed by atoms with E-state index < -0.39 is 0 Å². The Balaban J connectivity index is 1.18. The molecular weight excluding hydrogens is 410 g/mol. The standard InChI is InChI=1S/C25H26ClN3O2/c1-31-23-8-7-18(14-21(23)26)28-24(30)20-15-25(20)9-12-29(13-10-25)16-17-4-2-6-22-19(17)5-3-11-27-22/h2-8,11,14,20H,9-10,12-13,15-16H2,1H3,(H,28,30)/t20-/m1/s1. The smallest absolute Gasteiger partial charge is 0.228 e. The first kappa shape index (κ1) is 20.3. The molecule has 5 nitrogen and oxygen atoms in total. The summed E-state index contributed by atoms with van der Waals surface area (Å²) in [4.78, 5) is 19.8. The average molecular weight is 436 g/mol. The number of likely N-dealkylation sites (tertiary alicyclic amines) is 1. The summed E-state index contributed by atoms with van der Waals surface area (Å²) in [5, 5.41) is 4.77. The van der Waals surface area contributed by atoms with Crippen LogP contribution < -0.4 is 10.1 Å². The van der Waals surface area contributed by atoms with Crippen LogP contribution in [0.4, 0.5) is 5.69 Å². The van der Waals surface area contributed by atoms with Gasteiger partial charge in [-0.05, 0) is 73.7 Å². The van der Waals surface area contributed by atoms with Crippen LogP contribution in [-0.4, -0.2) is 36.0 Å². The fourth-order valence-electron chi connectivity index (χ4n) is 4.95. The quantitative estimate of drug-likeness (QED) is 0.603. The van der Waals surface area contributed by atoms with E-state index in [9.17, 15) is 4.79 Å². The summed E-state index contributed by atoms with van der Waals surface area (Å²) in [5.41, 5.74) is 3.26. The summed E-state index contributed by atoms with van der Waals surface area (Å²) in [6.07, 6.45) is 4.96. The molecule has 2 aromatic carbocycles. The largest absolute Gasteiger partial charge is 0.495 e. The van der Waals surface area contributed by atoms with Crippen LogP contribution >= 0.6 is 11.6 Å².